The summed E-state index contributed by atoms with van der Waals surface area (Å²) in [5, 5.41) is 22.1. The minimum Gasteiger partial charge on any atom is -0.350 e. The molecule has 2 saturated heterocycles. The fourth-order valence-electron chi connectivity index (χ4n) is 4.62. The molecule has 3 fully saturated rings. The summed E-state index contributed by atoms with van der Waals surface area (Å²) in [7, 11) is 0. The lowest BCUT2D eigenvalue weighted by Crippen LogP contribution is -2.48. The third-order valence-electron chi connectivity index (χ3n) is 6.46. The second kappa shape index (κ2) is 7.52. The lowest BCUT2D eigenvalue weighted by atomic mass is 10.2. The van der Waals surface area contributed by atoms with Gasteiger partial charge in [-0.3, -0.25) is 9.89 Å². The highest BCUT2D eigenvalue weighted by atomic mass is 16.2. The van der Waals surface area contributed by atoms with Crippen molar-refractivity contribution >= 4 is 29.0 Å². The Morgan fingerprint density at radius 2 is 2.16 bits per heavy atom. The van der Waals surface area contributed by atoms with Crippen LogP contribution < -0.4 is 20.9 Å². The highest BCUT2D eigenvalue weighted by molar-refractivity contribution is 5.86. The van der Waals surface area contributed by atoms with E-state index in [0.29, 0.717) is 17.7 Å². The molecule has 1 saturated carbocycles. The van der Waals surface area contributed by atoms with Crippen molar-refractivity contribution in [2.45, 2.75) is 50.1 Å². The highest BCUT2D eigenvalue weighted by Crippen LogP contribution is 2.39. The third-order valence-corrected chi connectivity index (χ3v) is 6.46. The summed E-state index contributed by atoms with van der Waals surface area (Å²) in [6.07, 6.45) is 7.08. The van der Waals surface area contributed by atoms with Gasteiger partial charge in [-0.15, -0.1) is 5.10 Å². The molecule has 1 aliphatic carbocycles. The zero-order chi connectivity index (χ0) is 20.8. The highest BCUT2D eigenvalue weighted by Gasteiger charge is 2.34. The van der Waals surface area contributed by atoms with Crippen LogP contribution in [0.5, 0.6) is 0 Å². The first-order chi connectivity index (χ1) is 15.2. The van der Waals surface area contributed by atoms with Crippen LogP contribution in [0.1, 0.15) is 43.7 Å². The Morgan fingerprint density at radius 1 is 1.23 bits per heavy atom. The summed E-state index contributed by atoms with van der Waals surface area (Å²) in [5.74, 6) is 2.68. The molecule has 2 aliphatic heterocycles. The van der Waals surface area contributed by atoms with Crippen LogP contribution in [-0.4, -0.2) is 62.4 Å². The van der Waals surface area contributed by atoms with Crippen LogP contribution in [0.4, 0.5) is 17.6 Å². The van der Waals surface area contributed by atoms with Crippen LogP contribution in [0, 0.1) is 0 Å². The zero-order valence-electron chi connectivity index (χ0n) is 17.3. The fraction of sp³-hybridized carbons (Fsp3) is 0.524. The van der Waals surface area contributed by atoms with Crippen LogP contribution in [0.15, 0.2) is 24.4 Å². The lowest BCUT2D eigenvalue weighted by molar-refractivity contribution is -0.122. The SMILES string of the molecule is O=C(NC1CCNC1)[C@@H]1CCCN1c1nc(Nc2cc(C3CC3)[nH]n2)c2cccn2n1. The van der Waals surface area contributed by atoms with Crippen molar-refractivity contribution in [2.24, 2.45) is 0 Å². The van der Waals surface area contributed by atoms with Crippen molar-refractivity contribution in [1.29, 1.82) is 0 Å². The number of hydrogen-bond donors (Lipinski definition) is 4. The predicted octanol–water partition coefficient (Wildman–Crippen LogP) is 1.52. The van der Waals surface area contributed by atoms with Gasteiger partial charge in [-0.2, -0.15) is 10.1 Å². The number of fused-ring (bicyclic) bond motifs is 1. The van der Waals surface area contributed by atoms with Crippen molar-refractivity contribution in [3.8, 4) is 0 Å². The number of anilines is 3. The summed E-state index contributed by atoms with van der Waals surface area (Å²) in [6.45, 7) is 2.56. The molecule has 6 rings (SSSR count). The molecule has 1 unspecified atom stereocenters. The van der Waals surface area contributed by atoms with E-state index in [4.69, 9.17) is 10.1 Å². The van der Waals surface area contributed by atoms with Gasteiger partial charge in [0.25, 0.3) is 0 Å². The van der Waals surface area contributed by atoms with E-state index in [2.05, 4.69) is 32.2 Å². The first kappa shape index (κ1) is 18.6. The number of rotatable bonds is 6. The molecule has 0 bridgehead atoms. The average molecular weight is 422 g/mol. The number of carbonyl (C=O) groups excluding carboxylic acids is 1. The van der Waals surface area contributed by atoms with Crippen LogP contribution in [0.2, 0.25) is 0 Å². The van der Waals surface area contributed by atoms with Gasteiger partial charge in [0.05, 0.1) is 0 Å². The summed E-state index contributed by atoms with van der Waals surface area (Å²) in [4.78, 5) is 19.8. The van der Waals surface area contributed by atoms with Crippen molar-refractivity contribution in [1.82, 2.24) is 35.4 Å². The number of nitrogens with zero attached hydrogens (tertiary/aromatic N) is 5. The number of hydrogen-bond acceptors (Lipinski definition) is 7. The predicted molar refractivity (Wildman–Crippen MR) is 117 cm³/mol. The Balaban J connectivity index is 1.27. The summed E-state index contributed by atoms with van der Waals surface area (Å²) in [6, 6.07) is 5.94. The van der Waals surface area contributed by atoms with Gasteiger partial charge in [0, 0.05) is 43.0 Å². The van der Waals surface area contributed by atoms with Crippen LogP contribution in [-0.2, 0) is 4.79 Å². The summed E-state index contributed by atoms with van der Waals surface area (Å²) < 4.78 is 1.81. The maximum Gasteiger partial charge on any atom is 0.246 e. The molecule has 0 radical (unpaired) electrons. The van der Waals surface area contributed by atoms with E-state index >= 15 is 0 Å². The average Bonchev–Trinajstić information content (AvgIpc) is 3.27. The van der Waals surface area contributed by atoms with Crippen LogP contribution >= 0.6 is 0 Å². The number of amides is 1. The molecule has 31 heavy (non-hydrogen) atoms. The topological polar surface area (TPSA) is 115 Å². The fourth-order valence-corrected chi connectivity index (χ4v) is 4.62. The van der Waals surface area contributed by atoms with E-state index in [1.165, 1.54) is 18.5 Å². The molecule has 10 nitrogen and oxygen atoms in total. The Kier molecular flexibility index (Phi) is 4.52. The largest absolute Gasteiger partial charge is 0.350 e. The van der Waals surface area contributed by atoms with E-state index in [1.54, 1.807) is 0 Å². The van der Waals surface area contributed by atoms with Gasteiger partial charge in [0.2, 0.25) is 11.9 Å². The van der Waals surface area contributed by atoms with E-state index in [-0.39, 0.29) is 18.0 Å². The van der Waals surface area contributed by atoms with Crippen LogP contribution in [0.3, 0.4) is 0 Å². The molecule has 0 aromatic carbocycles. The Hall–Kier alpha value is -3.14. The van der Waals surface area contributed by atoms with Gasteiger partial charge in [-0.1, -0.05) is 0 Å². The quantitative estimate of drug-likeness (QED) is 0.477. The molecule has 2 atom stereocenters. The van der Waals surface area contributed by atoms with Gasteiger partial charge in [-0.05, 0) is 50.8 Å². The second-order valence-corrected chi connectivity index (χ2v) is 8.76. The standard InChI is InChI=1S/C21H27N9O/c31-20(23-14-7-8-22-12-14)17-4-1-9-29(17)21-25-19(16-3-2-10-30(16)28-21)24-18-11-15(26-27-18)13-5-6-13/h2-3,10-11,13-14,17,22H,1,4-9,12H2,(H,23,31)(H2,24,25,26,27,28)/t14?,17-/m0/s1. The lowest BCUT2D eigenvalue weighted by Gasteiger charge is -2.25. The second-order valence-electron chi connectivity index (χ2n) is 8.76. The number of aromatic nitrogens is 5. The van der Waals surface area contributed by atoms with Crippen molar-refractivity contribution in [3.63, 3.8) is 0 Å². The minimum atomic E-state index is -0.242. The molecular formula is C21H27N9O. The molecule has 3 aromatic rings. The molecule has 162 valence electrons. The Bertz CT molecular complexity index is 1100. The molecular weight excluding hydrogens is 394 g/mol. The van der Waals surface area contributed by atoms with Gasteiger partial charge in [0.15, 0.2) is 11.6 Å². The smallest absolute Gasteiger partial charge is 0.246 e. The number of H-pyrrole nitrogens is 1. The number of aromatic amines is 1. The van der Waals surface area contributed by atoms with Crippen LogP contribution in [0.25, 0.3) is 5.52 Å². The number of carbonyl (C=O) groups is 1. The van der Waals surface area contributed by atoms with Gasteiger partial charge < -0.3 is 20.9 Å². The molecule has 1 amide bonds. The Morgan fingerprint density at radius 3 is 3.00 bits per heavy atom. The van der Waals surface area contributed by atoms with Crippen molar-refractivity contribution < 1.29 is 4.79 Å². The molecule has 10 heteroatoms. The molecule has 3 aliphatic rings. The van der Waals surface area contributed by atoms with Gasteiger partial charge >= 0.3 is 0 Å². The Labute approximate surface area is 179 Å². The monoisotopic (exact) mass is 421 g/mol. The summed E-state index contributed by atoms with van der Waals surface area (Å²) >= 11 is 0. The van der Waals surface area contributed by atoms with Gasteiger partial charge in [0.1, 0.15) is 11.6 Å². The molecule has 0 spiro atoms. The molecule has 4 N–H and O–H groups in total. The maximum absolute atomic E-state index is 13.0. The van der Waals surface area contributed by atoms with Gasteiger partial charge in [-0.25, -0.2) is 4.52 Å². The minimum absolute atomic E-state index is 0.0679. The van der Waals surface area contributed by atoms with Crippen molar-refractivity contribution in [3.05, 3.63) is 30.1 Å². The first-order valence-electron chi connectivity index (χ1n) is 11.2. The normalized spacial score (nSPS) is 23.5. The first-order valence-corrected chi connectivity index (χ1v) is 11.2. The summed E-state index contributed by atoms with van der Waals surface area (Å²) in [5.41, 5.74) is 2.04. The van der Waals surface area contributed by atoms with E-state index in [9.17, 15) is 4.79 Å². The van der Waals surface area contributed by atoms with E-state index in [1.807, 2.05) is 27.7 Å². The van der Waals surface area contributed by atoms with E-state index < -0.39 is 0 Å². The molecule has 5 heterocycles. The number of nitrogens with one attached hydrogen (secondary N) is 4. The molecule has 3 aromatic heterocycles. The van der Waals surface area contributed by atoms with E-state index in [0.717, 1.165) is 50.2 Å². The zero-order valence-corrected chi connectivity index (χ0v) is 17.3. The maximum atomic E-state index is 13.0. The van der Waals surface area contributed by atoms with Crippen molar-refractivity contribution in [2.75, 3.05) is 29.9 Å². The third kappa shape index (κ3) is 3.60.